The number of aromatic nitrogens is 3. The van der Waals surface area contributed by atoms with E-state index in [9.17, 15) is 0 Å². The Kier molecular flexibility index (Phi) is 1.92. The summed E-state index contributed by atoms with van der Waals surface area (Å²) < 4.78 is 3.52. The van der Waals surface area contributed by atoms with Crippen LogP contribution in [0, 0.1) is 6.92 Å². The van der Waals surface area contributed by atoms with Gasteiger partial charge in [-0.25, -0.2) is 9.97 Å². The largest absolute Gasteiger partial charge is 0.299 e. The standard InChI is InChI=1S/C7H5Br2N3/c1-4-2-10-7-6(9)11-5(8)3-12(4)7/h2-3H,1H3. The molecule has 2 aromatic rings. The molecule has 0 aliphatic carbocycles. The average molecular weight is 291 g/mol. The zero-order valence-electron chi connectivity index (χ0n) is 6.25. The average Bonchev–Trinajstić information content (AvgIpc) is 2.33. The van der Waals surface area contributed by atoms with Crippen LogP contribution in [-0.2, 0) is 0 Å². The molecule has 0 saturated carbocycles. The van der Waals surface area contributed by atoms with Crippen molar-refractivity contribution in [3.8, 4) is 0 Å². The topological polar surface area (TPSA) is 30.2 Å². The van der Waals surface area contributed by atoms with Crippen LogP contribution in [0.3, 0.4) is 0 Å². The van der Waals surface area contributed by atoms with E-state index in [2.05, 4.69) is 41.8 Å². The molecule has 2 heterocycles. The fraction of sp³-hybridized carbons (Fsp3) is 0.143. The van der Waals surface area contributed by atoms with E-state index in [0.29, 0.717) is 0 Å². The third-order valence-corrected chi connectivity index (χ3v) is 2.52. The molecule has 3 nitrogen and oxygen atoms in total. The molecule has 0 amide bonds. The molecule has 0 bridgehead atoms. The van der Waals surface area contributed by atoms with Gasteiger partial charge in [0.2, 0.25) is 0 Å². The van der Waals surface area contributed by atoms with Crippen molar-refractivity contribution < 1.29 is 0 Å². The summed E-state index contributed by atoms with van der Waals surface area (Å²) in [5.41, 5.74) is 1.93. The van der Waals surface area contributed by atoms with Gasteiger partial charge in [-0.3, -0.25) is 4.40 Å². The Morgan fingerprint density at radius 3 is 2.92 bits per heavy atom. The fourth-order valence-electron chi connectivity index (χ4n) is 1.04. The molecule has 0 unspecified atom stereocenters. The van der Waals surface area contributed by atoms with Crippen molar-refractivity contribution in [2.24, 2.45) is 0 Å². The van der Waals surface area contributed by atoms with Gasteiger partial charge in [-0.1, -0.05) is 0 Å². The number of rotatable bonds is 0. The van der Waals surface area contributed by atoms with E-state index < -0.39 is 0 Å². The van der Waals surface area contributed by atoms with Crippen LogP contribution in [-0.4, -0.2) is 14.4 Å². The summed E-state index contributed by atoms with van der Waals surface area (Å²) in [6.07, 6.45) is 3.70. The third kappa shape index (κ3) is 1.17. The van der Waals surface area contributed by atoms with Crippen molar-refractivity contribution in [3.63, 3.8) is 0 Å². The van der Waals surface area contributed by atoms with Crippen LogP contribution in [0.25, 0.3) is 5.65 Å². The van der Waals surface area contributed by atoms with Crippen LogP contribution in [0.15, 0.2) is 21.6 Å². The Bertz CT molecular complexity index is 435. The molecular formula is C7H5Br2N3. The molecular weight excluding hydrogens is 286 g/mol. The first kappa shape index (κ1) is 8.19. The first-order valence-electron chi connectivity index (χ1n) is 3.34. The van der Waals surface area contributed by atoms with Crippen molar-refractivity contribution >= 4 is 37.5 Å². The molecule has 2 aromatic heterocycles. The van der Waals surface area contributed by atoms with Crippen molar-refractivity contribution in [2.75, 3.05) is 0 Å². The molecule has 0 atom stereocenters. The van der Waals surface area contributed by atoms with E-state index in [0.717, 1.165) is 20.5 Å². The maximum absolute atomic E-state index is 4.19. The van der Waals surface area contributed by atoms with E-state index in [-0.39, 0.29) is 0 Å². The molecule has 2 rings (SSSR count). The van der Waals surface area contributed by atoms with Gasteiger partial charge in [-0.2, -0.15) is 0 Å². The number of nitrogens with zero attached hydrogens (tertiary/aromatic N) is 3. The van der Waals surface area contributed by atoms with E-state index in [1.54, 1.807) is 0 Å². The predicted octanol–water partition coefficient (Wildman–Crippen LogP) is 2.56. The SMILES string of the molecule is Cc1cnc2c(Br)nc(Br)cn12. The number of aryl methyl sites for hydroxylation is 1. The lowest BCUT2D eigenvalue weighted by Gasteiger charge is -1.98. The van der Waals surface area contributed by atoms with Crippen molar-refractivity contribution in [3.05, 3.63) is 27.3 Å². The Morgan fingerprint density at radius 1 is 1.42 bits per heavy atom. The van der Waals surface area contributed by atoms with Crippen molar-refractivity contribution in [2.45, 2.75) is 6.92 Å². The third-order valence-electron chi connectivity index (χ3n) is 1.61. The second-order valence-electron chi connectivity index (χ2n) is 2.45. The van der Waals surface area contributed by atoms with Crippen LogP contribution in [0.2, 0.25) is 0 Å². The summed E-state index contributed by atoms with van der Waals surface area (Å²) >= 11 is 6.65. The maximum atomic E-state index is 4.19. The molecule has 0 N–H and O–H groups in total. The highest BCUT2D eigenvalue weighted by molar-refractivity contribution is 9.11. The van der Waals surface area contributed by atoms with Gasteiger partial charge in [-0.05, 0) is 38.8 Å². The van der Waals surface area contributed by atoms with E-state index in [1.165, 1.54) is 0 Å². The summed E-state index contributed by atoms with van der Waals surface area (Å²) in [7, 11) is 0. The van der Waals surface area contributed by atoms with Crippen LogP contribution in [0.4, 0.5) is 0 Å². The highest BCUT2D eigenvalue weighted by Gasteiger charge is 2.04. The van der Waals surface area contributed by atoms with Crippen LogP contribution < -0.4 is 0 Å². The molecule has 0 aliphatic rings. The minimum atomic E-state index is 0.755. The lowest BCUT2D eigenvalue weighted by atomic mass is 10.5. The Labute approximate surface area is 86.1 Å². The van der Waals surface area contributed by atoms with E-state index in [1.807, 2.05) is 23.7 Å². The maximum Gasteiger partial charge on any atom is 0.170 e. The molecule has 0 aliphatic heterocycles. The summed E-state index contributed by atoms with van der Waals surface area (Å²) in [5.74, 6) is 0. The molecule has 0 spiro atoms. The number of hydrogen-bond donors (Lipinski definition) is 0. The zero-order chi connectivity index (χ0) is 8.72. The van der Waals surface area contributed by atoms with Gasteiger partial charge in [0.15, 0.2) is 10.3 Å². The number of halogens is 2. The van der Waals surface area contributed by atoms with Crippen molar-refractivity contribution in [1.29, 1.82) is 0 Å². The molecule has 62 valence electrons. The number of imidazole rings is 1. The van der Waals surface area contributed by atoms with Crippen LogP contribution in [0.5, 0.6) is 0 Å². The first-order chi connectivity index (χ1) is 5.68. The van der Waals surface area contributed by atoms with Gasteiger partial charge in [0.1, 0.15) is 4.60 Å². The van der Waals surface area contributed by atoms with Crippen LogP contribution in [0.1, 0.15) is 5.69 Å². The lowest BCUT2D eigenvalue weighted by Crippen LogP contribution is -1.91. The van der Waals surface area contributed by atoms with Gasteiger partial charge in [-0.15, -0.1) is 0 Å². The normalized spacial score (nSPS) is 10.9. The summed E-state index contributed by atoms with van der Waals surface area (Å²) in [4.78, 5) is 8.36. The Balaban J connectivity index is 2.92. The molecule has 5 heteroatoms. The van der Waals surface area contributed by atoms with Gasteiger partial charge < -0.3 is 0 Å². The zero-order valence-corrected chi connectivity index (χ0v) is 9.42. The lowest BCUT2D eigenvalue weighted by molar-refractivity contribution is 1.04. The van der Waals surface area contributed by atoms with Gasteiger partial charge in [0.25, 0.3) is 0 Å². The number of fused-ring (bicyclic) bond motifs is 1. The second kappa shape index (κ2) is 2.81. The van der Waals surface area contributed by atoms with Crippen LogP contribution >= 0.6 is 31.9 Å². The highest BCUT2D eigenvalue weighted by atomic mass is 79.9. The minimum absolute atomic E-state index is 0.755. The highest BCUT2D eigenvalue weighted by Crippen LogP contribution is 2.18. The van der Waals surface area contributed by atoms with Gasteiger partial charge in [0.05, 0.1) is 0 Å². The smallest absolute Gasteiger partial charge is 0.170 e. The Hall–Kier alpha value is -0.420. The molecule has 0 fully saturated rings. The summed E-state index contributed by atoms with van der Waals surface area (Å²) in [6.45, 7) is 2.00. The predicted molar refractivity (Wildman–Crippen MR) is 53.1 cm³/mol. The second-order valence-corrected chi connectivity index (χ2v) is 4.01. The minimum Gasteiger partial charge on any atom is -0.299 e. The molecule has 0 saturated heterocycles. The summed E-state index contributed by atoms with van der Waals surface area (Å²) in [6, 6.07) is 0. The Morgan fingerprint density at radius 2 is 2.17 bits per heavy atom. The quantitative estimate of drug-likeness (QED) is 0.746. The molecule has 0 aromatic carbocycles. The van der Waals surface area contributed by atoms with Gasteiger partial charge >= 0.3 is 0 Å². The molecule has 0 radical (unpaired) electrons. The monoisotopic (exact) mass is 289 g/mol. The first-order valence-corrected chi connectivity index (χ1v) is 4.93. The fourth-order valence-corrected chi connectivity index (χ4v) is 2.15. The molecule has 12 heavy (non-hydrogen) atoms. The van der Waals surface area contributed by atoms with Gasteiger partial charge in [0, 0.05) is 18.1 Å². The van der Waals surface area contributed by atoms with E-state index >= 15 is 0 Å². The van der Waals surface area contributed by atoms with Crippen molar-refractivity contribution in [1.82, 2.24) is 14.4 Å². The number of hydrogen-bond acceptors (Lipinski definition) is 2. The van der Waals surface area contributed by atoms with E-state index in [4.69, 9.17) is 0 Å². The summed E-state index contributed by atoms with van der Waals surface area (Å²) in [5, 5.41) is 0.